The predicted molar refractivity (Wildman–Crippen MR) is 91.3 cm³/mol. The number of carbonyl (C=O) groups is 3. The molecule has 2 heterocycles. The minimum atomic E-state index is -0.833. The number of carboxylic acids is 1. The van der Waals surface area contributed by atoms with Crippen molar-refractivity contribution in [3.63, 3.8) is 0 Å². The predicted octanol–water partition coefficient (Wildman–Crippen LogP) is -0.0254. The summed E-state index contributed by atoms with van der Waals surface area (Å²) in [6, 6.07) is 5.37. The molecule has 0 aliphatic carbocycles. The molecule has 1 fully saturated rings. The number of phenolic OH excluding ortho intramolecular Hbond substituents is 1. The van der Waals surface area contributed by atoms with Crippen molar-refractivity contribution in [1.29, 1.82) is 0 Å². The Bertz CT molecular complexity index is 754. The Balaban J connectivity index is 0.000000552. The van der Waals surface area contributed by atoms with Crippen LogP contribution in [0.25, 0.3) is 0 Å². The minimum absolute atomic E-state index is 0.167. The van der Waals surface area contributed by atoms with E-state index < -0.39 is 18.1 Å². The number of piperazine rings is 1. The summed E-state index contributed by atoms with van der Waals surface area (Å²) in [6.45, 7) is 1.08. The number of benzene rings is 1. The molecular formula is C17H20N4O5. The highest BCUT2D eigenvalue weighted by molar-refractivity contribution is 5.97. The zero-order valence-corrected chi connectivity index (χ0v) is 14.1. The van der Waals surface area contributed by atoms with E-state index in [-0.39, 0.29) is 17.6 Å². The van der Waals surface area contributed by atoms with E-state index in [0.717, 1.165) is 18.2 Å². The van der Waals surface area contributed by atoms with Gasteiger partial charge in [0.25, 0.3) is 5.97 Å². The first-order valence-electron chi connectivity index (χ1n) is 7.90. The van der Waals surface area contributed by atoms with Gasteiger partial charge in [0, 0.05) is 31.7 Å². The van der Waals surface area contributed by atoms with Crippen molar-refractivity contribution >= 4 is 17.8 Å². The third-order valence-corrected chi connectivity index (χ3v) is 3.62. The Kier molecular flexibility index (Phi) is 6.31. The molecule has 1 aromatic heterocycles. The van der Waals surface area contributed by atoms with Crippen molar-refractivity contribution in [1.82, 2.24) is 20.6 Å². The molecule has 9 heteroatoms. The number of aliphatic carboxylic acids is 1. The van der Waals surface area contributed by atoms with Gasteiger partial charge in [0.15, 0.2) is 0 Å². The molecule has 1 aliphatic heterocycles. The van der Waals surface area contributed by atoms with Crippen LogP contribution < -0.4 is 10.6 Å². The Labute approximate surface area is 149 Å². The summed E-state index contributed by atoms with van der Waals surface area (Å²) >= 11 is 0. The number of phenols is 1. The van der Waals surface area contributed by atoms with Crippen molar-refractivity contribution < 1.29 is 24.6 Å². The van der Waals surface area contributed by atoms with Crippen LogP contribution in [0.4, 0.5) is 0 Å². The van der Waals surface area contributed by atoms with Gasteiger partial charge < -0.3 is 25.8 Å². The summed E-state index contributed by atoms with van der Waals surface area (Å²) in [5.41, 5.74) is 1.66. The largest absolute Gasteiger partial charge is 0.508 e. The quantitative estimate of drug-likeness (QED) is 0.518. The number of hydrogen-bond donors (Lipinski definition) is 5. The molecule has 1 aromatic carbocycles. The second kappa shape index (κ2) is 8.65. The van der Waals surface area contributed by atoms with Gasteiger partial charge in [0.1, 0.15) is 17.8 Å². The molecule has 9 nitrogen and oxygen atoms in total. The molecular weight excluding hydrogens is 340 g/mol. The van der Waals surface area contributed by atoms with Crippen LogP contribution in [0.3, 0.4) is 0 Å². The Morgan fingerprint density at radius 3 is 2.12 bits per heavy atom. The number of H-pyrrole nitrogens is 1. The molecule has 5 N–H and O–H groups in total. The molecule has 0 radical (unpaired) electrons. The monoisotopic (exact) mass is 360 g/mol. The lowest BCUT2D eigenvalue weighted by Crippen LogP contribution is -2.62. The zero-order valence-electron chi connectivity index (χ0n) is 14.1. The minimum Gasteiger partial charge on any atom is -0.508 e. The molecule has 2 amide bonds. The number of nitrogens with zero attached hydrogens (tertiary/aromatic N) is 1. The first kappa shape index (κ1) is 19.0. The summed E-state index contributed by atoms with van der Waals surface area (Å²) in [5, 5.41) is 22.2. The van der Waals surface area contributed by atoms with Crippen LogP contribution in [0.5, 0.6) is 5.75 Å². The van der Waals surface area contributed by atoms with Crippen molar-refractivity contribution in [2.24, 2.45) is 0 Å². The molecule has 138 valence electrons. The number of aromatic amines is 1. The molecule has 0 unspecified atom stereocenters. The number of aromatic hydroxyl groups is 1. The van der Waals surface area contributed by atoms with Gasteiger partial charge in [-0.2, -0.15) is 0 Å². The number of nitrogens with one attached hydrogen (secondary N) is 3. The summed E-state index contributed by atoms with van der Waals surface area (Å²) < 4.78 is 0. The second-order valence-corrected chi connectivity index (χ2v) is 5.79. The molecule has 0 spiro atoms. The topological polar surface area (TPSA) is 144 Å². The van der Waals surface area contributed by atoms with Crippen LogP contribution in [0.2, 0.25) is 0 Å². The molecule has 1 aliphatic rings. The molecule has 26 heavy (non-hydrogen) atoms. The number of amides is 2. The fraction of sp³-hybridized carbons (Fsp3) is 0.294. The highest BCUT2D eigenvalue weighted by Crippen LogP contribution is 2.13. The van der Waals surface area contributed by atoms with Gasteiger partial charge in [-0.25, -0.2) is 4.98 Å². The van der Waals surface area contributed by atoms with Crippen molar-refractivity contribution in [2.75, 3.05) is 0 Å². The number of carbonyl (C=O) groups excluding carboxylic acids is 2. The highest BCUT2D eigenvalue weighted by Gasteiger charge is 2.33. The fourth-order valence-electron chi connectivity index (χ4n) is 2.45. The number of hydrogen-bond acceptors (Lipinski definition) is 5. The van der Waals surface area contributed by atoms with E-state index in [2.05, 4.69) is 20.6 Å². The Hall–Kier alpha value is -3.36. The van der Waals surface area contributed by atoms with E-state index >= 15 is 0 Å². The summed E-state index contributed by atoms with van der Waals surface area (Å²) in [5.74, 6) is -1.09. The number of carboxylic acid groups (broad SMARTS) is 1. The molecule has 0 saturated carbocycles. The molecule has 2 atom stereocenters. The first-order chi connectivity index (χ1) is 12.3. The Morgan fingerprint density at radius 1 is 1.08 bits per heavy atom. The lowest BCUT2D eigenvalue weighted by molar-refractivity contribution is -0.136. The number of rotatable bonds is 4. The van der Waals surface area contributed by atoms with Crippen LogP contribution >= 0.6 is 0 Å². The smallest absolute Gasteiger partial charge is 0.300 e. The van der Waals surface area contributed by atoms with Gasteiger partial charge in [-0.05, 0) is 17.7 Å². The molecule has 3 rings (SSSR count). The van der Waals surface area contributed by atoms with Gasteiger partial charge >= 0.3 is 0 Å². The van der Waals surface area contributed by atoms with Crippen LogP contribution in [0.1, 0.15) is 18.2 Å². The Morgan fingerprint density at radius 2 is 1.62 bits per heavy atom. The van der Waals surface area contributed by atoms with E-state index in [0.29, 0.717) is 12.8 Å². The highest BCUT2D eigenvalue weighted by atomic mass is 16.4. The third-order valence-electron chi connectivity index (χ3n) is 3.62. The molecule has 2 aromatic rings. The standard InChI is InChI=1S/C15H16N4O3.C2H4O2/c20-11-3-1-9(2-4-11)5-12-14(21)19-13(15(22)18-12)6-10-7-16-8-17-10;1-2(3)4/h1-4,7-8,12-13,20H,5-6H2,(H,16,17)(H,18,22)(H,19,21);1H3,(H,3,4)/t12-,13-;/m0./s1. The maximum atomic E-state index is 12.1. The summed E-state index contributed by atoms with van der Waals surface area (Å²) in [7, 11) is 0. The summed E-state index contributed by atoms with van der Waals surface area (Å²) in [6.07, 6.45) is 3.92. The lowest BCUT2D eigenvalue weighted by atomic mass is 10.0. The van der Waals surface area contributed by atoms with Gasteiger partial charge in [-0.1, -0.05) is 12.1 Å². The maximum absolute atomic E-state index is 12.1. The second-order valence-electron chi connectivity index (χ2n) is 5.79. The van der Waals surface area contributed by atoms with Gasteiger partial charge in [-0.15, -0.1) is 0 Å². The van der Waals surface area contributed by atoms with Gasteiger partial charge in [0.05, 0.1) is 6.33 Å². The normalized spacial score (nSPS) is 19.0. The van der Waals surface area contributed by atoms with Crippen LogP contribution in [-0.4, -0.2) is 50.0 Å². The van der Waals surface area contributed by atoms with Crippen LogP contribution in [0.15, 0.2) is 36.8 Å². The van der Waals surface area contributed by atoms with Gasteiger partial charge in [0.2, 0.25) is 11.8 Å². The van der Waals surface area contributed by atoms with Crippen LogP contribution in [0, 0.1) is 0 Å². The van der Waals surface area contributed by atoms with Crippen molar-refractivity contribution in [3.05, 3.63) is 48.0 Å². The SMILES string of the molecule is CC(=O)O.O=C1N[C@@H](Cc2cnc[nH]2)C(=O)N[C@H]1Cc1ccc(O)cc1. The molecule has 1 saturated heterocycles. The van der Waals surface area contributed by atoms with Gasteiger partial charge in [-0.3, -0.25) is 14.4 Å². The lowest BCUT2D eigenvalue weighted by Gasteiger charge is -2.29. The maximum Gasteiger partial charge on any atom is 0.300 e. The van der Waals surface area contributed by atoms with Crippen LogP contribution in [-0.2, 0) is 27.2 Å². The van der Waals surface area contributed by atoms with E-state index in [1.54, 1.807) is 30.5 Å². The average molecular weight is 360 g/mol. The van der Waals surface area contributed by atoms with E-state index in [1.807, 2.05) is 0 Å². The zero-order chi connectivity index (χ0) is 19.1. The fourth-order valence-corrected chi connectivity index (χ4v) is 2.45. The average Bonchev–Trinajstić information content (AvgIpc) is 3.07. The van der Waals surface area contributed by atoms with E-state index in [1.165, 1.54) is 6.33 Å². The first-order valence-corrected chi connectivity index (χ1v) is 7.90. The van der Waals surface area contributed by atoms with Crippen molar-refractivity contribution in [2.45, 2.75) is 31.8 Å². The van der Waals surface area contributed by atoms with E-state index in [9.17, 15) is 14.7 Å². The number of aromatic nitrogens is 2. The molecule has 0 bridgehead atoms. The van der Waals surface area contributed by atoms with E-state index in [4.69, 9.17) is 9.90 Å². The number of imidazole rings is 1. The van der Waals surface area contributed by atoms with Crippen molar-refractivity contribution in [3.8, 4) is 5.75 Å². The third kappa shape index (κ3) is 5.62. The summed E-state index contributed by atoms with van der Waals surface area (Å²) in [4.78, 5) is 40.1.